The number of pyridine rings is 1. The van der Waals surface area contributed by atoms with Gasteiger partial charge in [0.15, 0.2) is 5.78 Å². The fraction of sp³-hybridized carbons (Fsp3) is 0.419. The second kappa shape index (κ2) is 11.6. The number of carbonyl (C=O) groups excluding carboxylic acids is 1. The van der Waals surface area contributed by atoms with Crippen molar-refractivity contribution in [3.63, 3.8) is 0 Å². The topological polar surface area (TPSA) is 77.2 Å². The van der Waals surface area contributed by atoms with Gasteiger partial charge >= 0.3 is 0 Å². The molecule has 2 heterocycles. The van der Waals surface area contributed by atoms with E-state index in [-0.39, 0.29) is 35.6 Å². The molecule has 5 nitrogen and oxygen atoms in total. The maximum atomic E-state index is 15.0. The van der Waals surface area contributed by atoms with E-state index in [2.05, 4.69) is 10.3 Å². The average molecular weight is 502 g/mol. The molecule has 2 fully saturated rings. The molecular weight excluding hydrogens is 465 g/mol. The van der Waals surface area contributed by atoms with Crippen molar-refractivity contribution in [1.82, 2.24) is 10.3 Å². The number of rotatable bonds is 9. The number of carbonyl (C=O) groups is 1. The van der Waals surface area contributed by atoms with E-state index < -0.39 is 6.04 Å². The quantitative estimate of drug-likeness (QED) is 0.444. The first-order valence-electron chi connectivity index (χ1n) is 13.4. The number of nitrogens with zero attached hydrogens (tertiary/aromatic N) is 1. The van der Waals surface area contributed by atoms with Crippen molar-refractivity contribution in [1.29, 1.82) is 0 Å². The third-order valence-corrected chi connectivity index (χ3v) is 7.97. The molecule has 0 radical (unpaired) electrons. The fourth-order valence-electron chi connectivity index (χ4n) is 6.03. The Labute approximate surface area is 218 Å². The monoisotopic (exact) mass is 501 g/mol. The number of ketones is 1. The molecule has 3 aromatic rings. The molecule has 1 aliphatic carbocycles. The maximum absolute atomic E-state index is 15.0. The maximum Gasteiger partial charge on any atom is 0.154 e. The molecule has 1 saturated carbocycles. The lowest BCUT2D eigenvalue weighted by atomic mass is 9.82. The Morgan fingerprint density at radius 2 is 1.70 bits per heavy atom. The highest BCUT2D eigenvalue weighted by atomic mass is 19.1. The lowest BCUT2D eigenvalue weighted by Gasteiger charge is -2.39. The molecule has 3 N–H and O–H groups in total. The molecule has 194 valence electrons. The first kappa shape index (κ1) is 25.7. The van der Waals surface area contributed by atoms with Crippen molar-refractivity contribution in [2.24, 2.45) is 5.73 Å². The molecule has 0 unspecified atom stereocenters. The van der Waals surface area contributed by atoms with Crippen LogP contribution in [0.4, 0.5) is 4.39 Å². The molecule has 1 saturated heterocycles. The van der Waals surface area contributed by atoms with Crippen LogP contribution in [0.25, 0.3) is 0 Å². The van der Waals surface area contributed by atoms with Gasteiger partial charge in [0.1, 0.15) is 5.82 Å². The van der Waals surface area contributed by atoms with Gasteiger partial charge in [-0.2, -0.15) is 0 Å². The van der Waals surface area contributed by atoms with E-state index in [0.717, 1.165) is 37.1 Å². The van der Waals surface area contributed by atoms with E-state index in [1.807, 2.05) is 60.7 Å². The third kappa shape index (κ3) is 5.98. The minimum Gasteiger partial charge on any atom is -0.369 e. The van der Waals surface area contributed by atoms with Crippen molar-refractivity contribution in [3.05, 3.63) is 101 Å². The summed E-state index contributed by atoms with van der Waals surface area (Å²) in [5.41, 5.74) is 9.68. The van der Waals surface area contributed by atoms with Crippen LogP contribution in [-0.2, 0) is 22.4 Å². The van der Waals surface area contributed by atoms with Crippen LogP contribution in [0.5, 0.6) is 0 Å². The largest absolute Gasteiger partial charge is 0.369 e. The predicted octanol–water partition coefficient (Wildman–Crippen LogP) is 4.73. The van der Waals surface area contributed by atoms with E-state index in [1.54, 1.807) is 6.20 Å². The van der Waals surface area contributed by atoms with Crippen molar-refractivity contribution in [2.45, 2.75) is 68.6 Å². The molecule has 0 amide bonds. The zero-order valence-corrected chi connectivity index (χ0v) is 21.2. The second-order valence-electron chi connectivity index (χ2n) is 10.5. The van der Waals surface area contributed by atoms with Crippen LogP contribution < -0.4 is 11.1 Å². The molecule has 2 aliphatic rings. The Kier molecular flexibility index (Phi) is 8.08. The van der Waals surface area contributed by atoms with Crippen LogP contribution >= 0.6 is 0 Å². The van der Waals surface area contributed by atoms with Crippen molar-refractivity contribution in [2.75, 3.05) is 13.1 Å². The van der Waals surface area contributed by atoms with Crippen LogP contribution in [0.15, 0.2) is 73.1 Å². The van der Waals surface area contributed by atoms with E-state index in [1.165, 1.54) is 19.0 Å². The Morgan fingerprint density at radius 3 is 2.35 bits per heavy atom. The summed E-state index contributed by atoms with van der Waals surface area (Å²) in [5, 5.41) is 3.52. The number of halogens is 1. The number of hydrogen-bond donors (Lipinski definition) is 2. The van der Waals surface area contributed by atoms with Crippen LogP contribution in [0.1, 0.15) is 60.3 Å². The Hall–Kier alpha value is -2.93. The van der Waals surface area contributed by atoms with Crippen molar-refractivity contribution in [3.8, 4) is 0 Å². The summed E-state index contributed by atoms with van der Waals surface area (Å²) in [4.78, 5) is 17.6. The molecule has 2 atom stereocenters. The summed E-state index contributed by atoms with van der Waals surface area (Å²) in [5.74, 6) is -0.795. The highest BCUT2D eigenvalue weighted by Crippen LogP contribution is 2.36. The molecule has 1 spiro atoms. The normalized spacial score (nSPS) is 19.8. The van der Waals surface area contributed by atoms with Gasteiger partial charge < -0.3 is 15.8 Å². The summed E-state index contributed by atoms with van der Waals surface area (Å²) in [6, 6.07) is 18.9. The van der Waals surface area contributed by atoms with Crippen molar-refractivity contribution >= 4 is 5.78 Å². The number of ether oxygens (including phenoxy) is 1. The molecule has 37 heavy (non-hydrogen) atoms. The van der Waals surface area contributed by atoms with Gasteiger partial charge in [0, 0.05) is 31.6 Å². The number of aromatic nitrogens is 1. The Bertz CT molecular complexity index is 1140. The van der Waals surface area contributed by atoms with E-state index in [0.29, 0.717) is 24.0 Å². The van der Waals surface area contributed by atoms with Gasteiger partial charge in [0.2, 0.25) is 0 Å². The van der Waals surface area contributed by atoms with Gasteiger partial charge in [0.25, 0.3) is 0 Å². The highest BCUT2D eigenvalue weighted by molar-refractivity contribution is 5.87. The zero-order valence-electron chi connectivity index (χ0n) is 21.2. The van der Waals surface area contributed by atoms with Gasteiger partial charge in [-0.25, -0.2) is 4.39 Å². The second-order valence-corrected chi connectivity index (χ2v) is 10.5. The number of hydrogen-bond acceptors (Lipinski definition) is 5. The van der Waals surface area contributed by atoms with Gasteiger partial charge in [-0.15, -0.1) is 0 Å². The van der Waals surface area contributed by atoms with E-state index >= 15 is 0 Å². The van der Waals surface area contributed by atoms with Gasteiger partial charge in [0.05, 0.1) is 23.9 Å². The number of morpholine rings is 1. The van der Waals surface area contributed by atoms with Crippen LogP contribution in [-0.4, -0.2) is 41.6 Å². The molecule has 5 rings (SSSR count). The molecule has 6 heteroatoms. The van der Waals surface area contributed by atoms with Crippen LogP contribution in [0, 0.1) is 5.82 Å². The first-order valence-corrected chi connectivity index (χ1v) is 13.4. The summed E-state index contributed by atoms with van der Waals surface area (Å²) in [7, 11) is 0. The Balaban J connectivity index is 1.31. The standard InChI is InChI=1S/C31H36FN3O2/c32-27-20-34-18-24(26(27)14-13-25-19-35-21-31(37-25)15-7-8-16-31)17-28(36)30(33)29(22-9-3-1-4-10-22)23-11-5-2-6-12-23/h1-6,9-12,18,20,25,29-30,35H,7-8,13-17,19,21,33H2/t25-,30-/m1/s1. The van der Waals surface area contributed by atoms with Crippen molar-refractivity contribution < 1.29 is 13.9 Å². The third-order valence-electron chi connectivity index (χ3n) is 7.97. The smallest absolute Gasteiger partial charge is 0.154 e. The number of nitrogens with one attached hydrogen (secondary N) is 1. The van der Waals surface area contributed by atoms with Gasteiger partial charge in [-0.3, -0.25) is 9.78 Å². The van der Waals surface area contributed by atoms with Gasteiger partial charge in [-0.05, 0) is 47.9 Å². The number of benzene rings is 2. The number of nitrogens with two attached hydrogens (primary N) is 1. The predicted molar refractivity (Wildman–Crippen MR) is 143 cm³/mol. The molecular formula is C31H36FN3O2. The van der Waals surface area contributed by atoms with Crippen LogP contribution in [0.2, 0.25) is 0 Å². The van der Waals surface area contributed by atoms with E-state index in [4.69, 9.17) is 10.5 Å². The minimum atomic E-state index is -0.769. The molecule has 2 aromatic carbocycles. The first-order chi connectivity index (χ1) is 18.0. The summed E-state index contributed by atoms with van der Waals surface area (Å²) >= 11 is 0. The molecule has 1 aliphatic heterocycles. The highest BCUT2D eigenvalue weighted by Gasteiger charge is 2.39. The summed E-state index contributed by atoms with van der Waals surface area (Å²) in [6.07, 6.45) is 8.69. The lowest BCUT2D eigenvalue weighted by Crippen LogP contribution is -2.52. The number of Topliss-reactive ketones (excluding diaryl/α,β-unsaturated/α-hetero) is 1. The summed E-state index contributed by atoms with van der Waals surface area (Å²) in [6.45, 7) is 1.66. The lowest BCUT2D eigenvalue weighted by molar-refractivity contribution is -0.119. The minimum absolute atomic E-state index is 0.0331. The van der Waals surface area contributed by atoms with Crippen LogP contribution in [0.3, 0.4) is 0 Å². The molecule has 1 aromatic heterocycles. The fourth-order valence-corrected chi connectivity index (χ4v) is 6.03. The van der Waals surface area contributed by atoms with Gasteiger partial charge in [-0.1, -0.05) is 73.5 Å². The SMILES string of the molecule is N[C@H](C(=O)Cc1cncc(F)c1CC[C@@H]1CNCC2(CCCC2)O1)C(c1ccccc1)c1ccccc1. The zero-order chi connectivity index (χ0) is 25.7. The molecule has 0 bridgehead atoms. The Morgan fingerprint density at radius 1 is 1.05 bits per heavy atom. The summed E-state index contributed by atoms with van der Waals surface area (Å²) < 4.78 is 21.5. The van der Waals surface area contributed by atoms with E-state index in [9.17, 15) is 9.18 Å². The average Bonchev–Trinajstić information content (AvgIpc) is 3.37.